The lowest BCUT2D eigenvalue weighted by atomic mass is 10.1. The molecule has 1 N–H and O–H groups in total. The molecule has 1 rings (SSSR count). The van der Waals surface area contributed by atoms with Gasteiger partial charge in [-0.3, -0.25) is 4.79 Å². The lowest BCUT2D eigenvalue weighted by Crippen LogP contribution is -2.32. The highest BCUT2D eigenvalue weighted by Gasteiger charge is 2.10. The average Bonchev–Trinajstić information content (AvgIpc) is 2.44. The summed E-state index contributed by atoms with van der Waals surface area (Å²) in [6.07, 6.45) is 1.95. The van der Waals surface area contributed by atoms with E-state index < -0.39 is 0 Å². The van der Waals surface area contributed by atoms with Gasteiger partial charge in [-0.2, -0.15) is 0 Å². The summed E-state index contributed by atoms with van der Waals surface area (Å²) in [5, 5.41) is 2.87. The van der Waals surface area contributed by atoms with Gasteiger partial charge in [0.15, 0.2) is 0 Å². The number of nitrogens with one attached hydrogen (secondary N) is 1. The van der Waals surface area contributed by atoms with Gasteiger partial charge in [-0.1, -0.05) is 20.3 Å². The summed E-state index contributed by atoms with van der Waals surface area (Å²) in [4.78, 5) is 11.6. The van der Waals surface area contributed by atoms with Gasteiger partial charge >= 0.3 is 0 Å². The number of benzene rings is 1. The number of ether oxygens (including phenoxy) is 2. The molecule has 19 heavy (non-hydrogen) atoms. The topological polar surface area (TPSA) is 47.6 Å². The molecule has 0 heterocycles. The van der Waals surface area contributed by atoms with E-state index in [2.05, 4.69) is 12.2 Å². The Morgan fingerprint density at radius 1 is 1.26 bits per heavy atom. The zero-order chi connectivity index (χ0) is 14.1. The van der Waals surface area contributed by atoms with Crippen LogP contribution in [0.3, 0.4) is 0 Å². The highest BCUT2D eigenvalue weighted by Crippen LogP contribution is 2.16. The van der Waals surface area contributed by atoms with Crippen molar-refractivity contribution in [3.63, 3.8) is 0 Å². The summed E-state index contributed by atoms with van der Waals surface area (Å²) in [6, 6.07) is 7.38. The van der Waals surface area contributed by atoms with Crippen molar-refractivity contribution < 1.29 is 14.3 Å². The maximum atomic E-state index is 11.6. The SMILES string of the molecule is CCCC(C)C(=O)NCCOc1ccc(OC)cc1. The molecule has 0 aliphatic heterocycles. The zero-order valence-corrected chi connectivity index (χ0v) is 11.9. The lowest BCUT2D eigenvalue weighted by molar-refractivity contribution is -0.124. The van der Waals surface area contributed by atoms with E-state index in [-0.39, 0.29) is 11.8 Å². The van der Waals surface area contributed by atoms with Crippen molar-refractivity contribution in [2.75, 3.05) is 20.3 Å². The minimum absolute atomic E-state index is 0.0750. The maximum absolute atomic E-state index is 11.6. The number of carbonyl (C=O) groups excluding carboxylic acids is 1. The molecule has 0 spiro atoms. The van der Waals surface area contributed by atoms with Crippen LogP contribution in [0.15, 0.2) is 24.3 Å². The summed E-state index contributed by atoms with van der Waals surface area (Å²) in [5.74, 6) is 1.75. The summed E-state index contributed by atoms with van der Waals surface area (Å²) in [5.41, 5.74) is 0. The monoisotopic (exact) mass is 265 g/mol. The van der Waals surface area contributed by atoms with Gasteiger partial charge in [0.25, 0.3) is 0 Å². The molecule has 1 unspecified atom stereocenters. The first kappa shape index (κ1) is 15.3. The molecule has 0 aromatic heterocycles. The van der Waals surface area contributed by atoms with Crippen LogP contribution in [0, 0.1) is 5.92 Å². The first-order chi connectivity index (χ1) is 9.17. The number of hydrogen-bond acceptors (Lipinski definition) is 3. The third-order valence-corrected chi connectivity index (χ3v) is 2.90. The Morgan fingerprint density at radius 3 is 2.47 bits per heavy atom. The Labute approximate surface area is 115 Å². The predicted octanol–water partition coefficient (Wildman–Crippen LogP) is 2.63. The second kappa shape index (κ2) is 8.40. The van der Waals surface area contributed by atoms with Gasteiger partial charge in [0.2, 0.25) is 5.91 Å². The molecule has 1 aromatic rings. The third-order valence-electron chi connectivity index (χ3n) is 2.90. The number of amides is 1. The number of hydrogen-bond donors (Lipinski definition) is 1. The average molecular weight is 265 g/mol. The zero-order valence-electron chi connectivity index (χ0n) is 11.9. The van der Waals surface area contributed by atoms with E-state index in [1.807, 2.05) is 31.2 Å². The second-order valence-corrected chi connectivity index (χ2v) is 4.50. The standard InChI is InChI=1S/C15H23NO3/c1-4-5-12(2)15(17)16-10-11-19-14-8-6-13(18-3)7-9-14/h6-9,12H,4-5,10-11H2,1-3H3,(H,16,17). The van der Waals surface area contributed by atoms with E-state index in [1.54, 1.807) is 7.11 Å². The fraction of sp³-hybridized carbons (Fsp3) is 0.533. The van der Waals surface area contributed by atoms with Crippen LogP contribution in [0.1, 0.15) is 26.7 Å². The molecule has 106 valence electrons. The first-order valence-corrected chi connectivity index (χ1v) is 6.72. The van der Waals surface area contributed by atoms with Gasteiger partial charge in [-0.15, -0.1) is 0 Å². The van der Waals surface area contributed by atoms with E-state index in [1.165, 1.54) is 0 Å². The van der Waals surface area contributed by atoms with Crippen LogP contribution in [0.5, 0.6) is 11.5 Å². The van der Waals surface area contributed by atoms with Gasteiger partial charge in [0.05, 0.1) is 13.7 Å². The molecule has 1 amide bonds. The van der Waals surface area contributed by atoms with E-state index in [4.69, 9.17) is 9.47 Å². The third kappa shape index (κ3) is 5.64. The fourth-order valence-corrected chi connectivity index (χ4v) is 1.75. The minimum Gasteiger partial charge on any atom is -0.497 e. The van der Waals surface area contributed by atoms with Crippen LogP contribution in [-0.4, -0.2) is 26.2 Å². The first-order valence-electron chi connectivity index (χ1n) is 6.72. The lowest BCUT2D eigenvalue weighted by Gasteiger charge is -2.11. The van der Waals surface area contributed by atoms with E-state index in [9.17, 15) is 4.79 Å². The highest BCUT2D eigenvalue weighted by molar-refractivity contribution is 5.78. The van der Waals surface area contributed by atoms with Gasteiger partial charge in [-0.05, 0) is 30.7 Å². The molecular weight excluding hydrogens is 242 g/mol. The molecule has 0 saturated heterocycles. The minimum atomic E-state index is 0.0750. The highest BCUT2D eigenvalue weighted by atomic mass is 16.5. The van der Waals surface area contributed by atoms with Crippen molar-refractivity contribution in [3.8, 4) is 11.5 Å². The van der Waals surface area contributed by atoms with E-state index >= 15 is 0 Å². The van der Waals surface area contributed by atoms with Crippen LogP contribution >= 0.6 is 0 Å². The number of carbonyl (C=O) groups is 1. The van der Waals surface area contributed by atoms with Crippen molar-refractivity contribution in [1.82, 2.24) is 5.32 Å². The van der Waals surface area contributed by atoms with Crippen molar-refractivity contribution in [2.24, 2.45) is 5.92 Å². The Hall–Kier alpha value is -1.71. The van der Waals surface area contributed by atoms with Crippen molar-refractivity contribution in [2.45, 2.75) is 26.7 Å². The molecule has 0 bridgehead atoms. The summed E-state index contributed by atoms with van der Waals surface area (Å²) in [6.45, 7) is 5.02. The van der Waals surface area contributed by atoms with Crippen LogP contribution in [0.2, 0.25) is 0 Å². The smallest absolute Gasteiger partial charge is 0.222 e. The van der Waals surface area contributed by atoms with Gasteiger partial charge in [0.1, 0.15) is 18.1 Å². The molecule has 0 aliphatic rings. The molecular formula is C15H23NO3. The van der Waals surface area contributed by atoms with Crippen LogP contribution in [0.25, 0.3) is 0 Å². The molecule has 4 heteroatoms. The van der Waals surface area contributed by atoms with Crippen LogP contribution in [-0.2, 0) is 4.79 Å². The number of rotatable bonds is 8. The Morgan fingerprint density at radius 2 is 1.89 bits per heavy atom. The Balaban J connectivity index is 2.21. The van der Waals surface area contributed by atoms with Crippen molar-refractivity contribution in [1.29, 1.82) is 0 Å². The fourth-order valence-electron chi connectivity index (χ4n) is 1.75. The molecule has 0 aliphatic carbocycles. The largest absolute Gasteiger partial charge is 0.497 e. The van der Waals surface area contributed by atoms with Crippen LogP contribution < -0.4 is 14.8 Å². The second-order valence-electron chi connectivity index (χ2n) is 4.50. The molecule has 0 fully saturated rings. The van der Waals surface area contributed by atoms with Crippen molar-refractivity contribution in [3.05, 3.63) is 24.3 Å². The summed E-state index contributed by atoms with van der Waals surface area (Å²) >= 11 is 0. The molecule has 0 radical (unpaired) electrons. The maximum Gasteiger partial charge on any atom is 0.222 e. The van der Waals surface area contributed by atoms with E-state index in [0.29, 0.717) is 13.2 Å². The quantitative estimate of drug-likeness (QED) is 0.735. The molecule has 4 nitrogen and oxygen atoms in total. The Kier molecular flexibility index (Phi) is 6.79. The van der Waals surface area contributed by atoms with Crippen LogP contribution in [0.4, 0.5) is 0 Å². The summed E-state index contributed by atoms with van der Waals surface area (Å²) in [7, 11) is 1.63. The Bertz CT molecular complexity index is 375. The van der Waals surface area contributed by atoms with E-state index in [0.717, 1.165) is 24.3 Å². The summed E-state index contributed by atoms with van der Waals surface area (Å²) < 4.78 is 10.6. The normalized spacial score (nSPS) is 11.7. The van der Waals surface area contributed by atoms with Gasteiger partial charge in [-0.25, -0.2) is 0 Å². The molecule has 0 saturated carbocycles. The molecule has 1 atom stereocenters. The van der Waals surface area contributed by atoms with Gasteiger partial charge in [0, 0.05) is 5.92 Å². The number of methoxy groups -OCH3 is 1. The molecule has 1 aromatic carbocycles. The predicted molar refractivity (Wildman–Crippen MR) is 75.6 cm³/mol. The van der Waals surface area contributed by atoms with Crippen molar-refractivity contribution >= 4 is 5.91 Å². The van der Waals surface area contributed by atoms with Gasteiger partial charge < -0.3 is 14.8 Å².